The summed E-state index contributed by atoms with van der Waals surface area (Å²) in [5, 5.41) is 5.83. The molecule has 1 fully saturated rings. The summed E-state index contributed by atoms with van der Waals surface area (Å²) in [6, 6.07) is 14.9. The molecule has 1 heterocycles. The van der Waals surface area contributed by atoms with E-state index < -0.39 is 6.04 Å². The van der Waals surface area contributed by atoms with Gasteiger partial charge in [-0.05, 0) is 54.9 Å². The van der Waals surface area contributed by atoms with E-state index in [-0.39, 0.29) is 36.3 Å². The molecule has 0 radical (unpaired) electrons. The molecule has 3 aliphatic rings. The SMILES string of the molecule is O=C(CNC(=O)C1c2ccccc2C(=O)N1C1CC1)NC1CCCc2ccccc21. The second-order valence-corrected chi connectivity index (χ2v) is 8.36. The van der Waals surface area contributed by atoms with Gasteiger partial charge in [-0.25, -0.2) is 0 Å². The fourth-order valence-electron chi connectivity index (χ4n) is 4.75. The van der Waals surface area contributed by atoms with Crippen LogP contribution >= 0.6 is 0 Å². The molecule has 2 N–H and O–H groups in total. The highest BCUT2D eigenvalue weighted by Gasteiger charge is 2.47. The molecule has 5 rings (SSSR count). The average molecular weight is 403 g/mol. The van der Waals surface area contributed by atoms with Crippen molar-refractivity contribution in [2.24, 2.45) is 0 Å². The van der Waals surface area contributed by atoms with E-state index in [1.54, 1.807) is 11.0 Å². The van der Waals surface area contributed by atoms with Crippen LogP contribution < -0.4 is 10.6 Å². The maximum atomic E-state index is 13.0. The van der Waals surface area contributed by atoms with Crippen LogP contribution in [0.1, 0.15) is 64.8 Å². The van der Waals surface area contributed by atoms with Gasteiger partial charge in [0.05, 0.1) is 12.6 Å². The monoisotopic (exact) mass is 403 g/mol. The minimum absolute atomic E-state index is 0.0175. The van der Waals surface area contributed by atoms with Gasteiger partial charge in [0, 0.05) is 11.6 Å². The second kappa shape index (κ2) is 7.59. The maximum absolute atomic E-state index is 13.0. The molecule has 0 aromatic heterocycles. The highest BCUT2D eigenvalue weighted by atomic mass is 16.2. The Balaban J connectivity index is 1.25. The fraction of sp³-hybridized carbons (Fsp3) is 0.375. The van der Waals surface area contributed by atoms with Gasteiger partial charge in [0.1, 0.15) is 6.04 Å². The Hall–Kier alpha value is -3.15. The van der Waals surface area contributed by atoms with Crippen molar-refractivity contribution in [3.63, 3.8) is 0 Å². The third kappa shape index (κ3) is 3.36. The summed E-state index contributed by atoms with van der Waals surface area (Å²) in [5.41, 5.74) is 3.76. The fourth-order valence-corrected chi connectivity index (χ4v) is 4.75. The van der Waals surface area contributed by atoms with Crippen LogP contribution in [-0.4, -0.2) is 35.2 Å². The number of hydrogen-bond donors (Lipinski definition) is 2. The van der Waals surface area contributed by atoms with Gasteiger partial charge in [-0.2, -0.15) is 0 Å². The van der Waals surface area contributed by atoms with Gasteiger partial charge in [-0.3, -0.25) is 14.4 Å². The Morgan fingerprint density at radius 2 is 1.70 bits per heavy atom. The van der Waals surface area contributed by atoms with Crippen LogP contribution in [0, 0.1) is 0 Å². The van der Waals surface area contributed by atoms with E-state index in [0.717, 1.165) is 37.7 Å². The zero-order valence-corrected chi connectivity index (χ0v) is 16.8. The molecule has 0 saturated heterocycles. The lowest BCUT2D eigenvalue weighted by Crippen LogP contribution is -2.44. The molecule has 0 spiro atoms. The standard InChI is InChI=1S/C24H25N3O3/c28-21(26-20-11-5-7-15-6-1-2-8-17(15)20)14-25-23(29)22-18-9-3-4-10-19(18)24(30)27(22)16-12-13-16/h1-4,6,8-10,16,20,22H,5,7,11-14H2,(H,25,29)(H,26,28). The first-order valence-electron chi connectivity index (χ1n) is 10.7. The van der Waals surface area contributed by atoms with Crippen LogP contribution in [0.5, 0.6) is 0 Å². The molecule has 0 bridgehead atoms. The Morgan fingerprint density at radius 3 is 2.50 bits per heavy atom. The molecule has 2 aliphatic carbocycles. The lowest BCUT2D eigenvalue weighted by molar-refractivity contribution is -0.129. The lowest BCUT2D eigenvalue weighted by atomic mass is 9.88. The topological polar surface area (TPSA) is 78.5 Å². The van der Waals surface area contributed by atoms with Crippen LogP contribution in [0.4, 0.5) is 0 Å². The van der Waals surface area contributed by atoms with Gasteiger partial charge >= 0.3 is 0 Å². The first-order chi connectivity index (χ1) is 14.6. The van der Waals surface area contributed by atoms with Crippen molar-refractivity contribution in [1.29, 1.82) is 0 Å². The number of nitrogens with zero attached hydrogens (tertiary/aromatic N) is 1. The second-order valence-electron chi connectivity index (χ2n) is 8.36. The van der Waals surface area contributed by atoms with Crippen molar-refractivity contribution in [2.75, 3.05) is 6.54 Å². The average Bonchev–Trinajstić information content (AvgIpc) is 3.56. The molecule has 6 heteroatoms. The smallest absolute Gasteiger partial charge is 0.255 e. The molecule has 1 saturated carbocycles. The number of benzene rings is 2. The van der Waals surface area contributed by atoms with Crippen molar-refractivity contribution in [1.82, 2.24) is 15.5 Å². The number of hydrogen-bond acceptors (Lipinski definition) is 3. The van der Waals surface area contributed by atoms with E-state index in [1.807, 2.05) is 30.3 Å². The minimum atomic E-state index is -0.649. The number of aryl methyl sites for hydroxylation is 1. The summed E-state index contributed by atoms with van der Waals surface area (Å²) >= 11 is 0. The Kier molecular flexibility index (Phi) is 4.77. The molecule has 1 aliphatic heterocycles. The van der Waals surface area contributed by atoms with Crippen molar-refractivity contribution >= 4 is 17.7 Å². The van der Waals surface area contributed by atoms with Gasteiger partial charge in [-0.1, -0.05) is 42.5 Å². The molecule has 3 amide bonds. The number of carbonyl (C=O) groups is 3. The number of amides is 3. The molecule has 2 aromatic rings. The first kappa shape index (κ1) is 18.9. The van der Waals surface area contributed by atoms with Gasteiger partial charge in [0.25, 0.3) is 5.91 Å². The van der Waals surface area contributed by atoms with Crippen LogP contribution in [0.15, 0.2) is 48.5 Å². The van der Waals surface area contributed by atoms with Crippen molar-refractivity contribution in [2.45, 2.75) is 50.2 Å². The summed E-state index contributed by atoms with van der Waals surface area (Å²) < 4.78 is 0. The van der Waals surface area contributed by atoms with E-state index in [4.69, 9.17) is 0 Å². The Morgan fingerprint density at radius 1 is 0.967 bits per heavy atom. The van der Waals surface area contributed by atoms with Crippen LogP contribution in [0.25, 0.3) is 0 Å². The summed E-state index contributed by atoms with van der Waals surface area (Å²) in [5.74, 6) is -0.587. The summed E-state index contributed by atoms with van der Waals surface area (Å²) in [7, 11) is 0. The van der Waals surface area contributed by atoms with Crippen molar-refractivity contribution in [3.05, 3.63) is 70.8 Å². The molecule has 2 unspecified atom stereocenters. The van der Waals surface area contributed by atoms with E-state index in [2.05, 4.69) is 22.8 Å². The van der Waals surface area contributed by atoms with Gasteiger partial charge in [0.2, 0.25) is 11.8 Å². The van der Waals surface area contributed by atoms with E-state index in [1.165, 1.54) is 11.1 Å². The summed E-state index contributed by atoms with van der Waals surface area (Å²) in [6.07, 6.45) is 4.81. The van der Waals surface area contributed by atoms with E-state index in [9.17, 15) is 14.4 Å². The predicted octanol–water partition coefficient (Wildman–Crippen LogP) is 2.66. The zero-order valence-electron chi connectivity index (χ0n) is 16.8. The largest absolute Gasteiger partial charge is 0.348 e. The van der Waals surface area contributed by atoms with Crippen LogP contribution in [0.3, 0.4) is 0 Å². The molecule has 154 valence electrons. The van der Waals surface area contributed by atoms with E-state index in [0.29, 0.717) is 5.56 Å². The van der Waals surface area contributed by atoms with Crippen molar-refractivity contribution in [3.8, 4) is 0 Å². The molecular formula is C24H25N3O3. The lowest BCUT2D eigenvalue weighted by Gasteiger charge is -2.27. The van der Waals surface area contributed by atoms with Gasteiger partial charge in [-0.15, -0.1) is 0 Å². The molecule has 2 atom stereocenters. The van der Waals surface area contributed by atoms with Crippen LogP contribution in [0.2, 0.25) is 0 Å². The predicted molar refractivity (Wildman–Crippen MR) is 112 cm³/mol. The molecule has 2 aromatic carbocycles. The highest BCUT2D eigenvalue weighted by molar-refractivity contribution is 6.05. The van der Waals surface area contributed by atoms with Crippen LogP contribution in [-0.2, 0) is 16.0 Å². The summed E-state index contributed by atoms with van der Waals surface area (Å²) in [6.45, 7) is -0.0944. The number of rotatable bonds is 5. The Bertz CT molecular complexity index is 1010. The number of fused-ring (bicyclic) bond motifs is 2. The normalized spacial score (nSPS) is 22.3. The quantitative estimate of drug-likeness (QED) is 0.806. The first-order valence-corrected chi connectivity index (χ1v) is 10.7. The summed E-state index contributed by atoms with van der Waals surface area (Å²) in [4.78, 5) is 40.0. The number of carbonyl (C=O) groups excluding carboxylic acids is 3. The van der Waals surface area contributed by atoms with Crippen molar-refractivity contribution < 1.29 is 14.4 Å². The minimum Gasteiger partial charge on any atom is -0.348 e. The maximum Gasteiger partial charge on any atom is 0.255 e. The molecular weight excluding hydrogens is 378 g/mol. The highest BCUT2D eigenvalue weighted by Crippen LogP contribution is 2.41. The number of nitrogens with one attached hydrogen (secondary N) is 2. The molecule has 6 nitrogen and oxygen atoms in total. The zero-order chi connectivity index (χ0) is 20.7. The van der Waals surface area contributed by atoms with Gasteiger partial charge in [0.15, 0.2) is 0 Å². The van der Waals surface area contributed by atoms with Gasteiger partial charge < -0.3 is 15.5 Å². The molecule has 30 heavy (non-hydrogen) atoms. The third-order valence-electron chi connectivity index (χ3n) is 6.31. The Labute approximate surface area is 175 Å². The van der Waals surface area contributed by atoms with E-state index >= 15 is 0 Å². The third-order valence-corrected chi connectivity index (χ3v) is 6.31.